The minimum Gasteiger partial charge on any atom is -0.493 e. The molecule has 0 amide bonds. The number of para-hydroxylation sites is 2. The monoisotopic (exact) mass is 477 g/mol. The first-order valence-electron chi connectivity index (χ1n) is 11.6. The molecule has 1 aliphatic rings. The predicted molar refractivity (Wildman–Crippen MR) is 139 cm³/mol. The number of ether oxygens (including phenoxy) is 2. The van der Waals surface area contributed by atoms with Gasteiger partial charge in [0.05, 0.1) is 36.5 Å². The topological polar surface area (TPSA) is 85.6 Å². The Morgan fingerprint density at radius 3 is 2.42 bits per heavy atom. The number of nitrogens with one attached hydrogen (secondary N) is 2. The molecule has 7 nitrogen and oxygen atoms in total. The van der Waals surface area contributed by atoms with E-state index in [9.17, 15) is 4.79 Å². The molecular weight excluding hydrogens is 454 g/mol. The maximum Gasteiger partial charge on any atom is 0.196 e. The SMILES string of the molecule is COc1cccc(NCc2cc(Nc3ccccc3)c3c4c(onc24)-c2ccccc2C3=O)c1OC. The minimum atomic E-state index is -0.0568. The Hall–Kier alpha value is -4.78. The van der Waals surface area contributed by atoms with Gasteiger partial charge in [-0.05, 0) is 30.3 Å². The fourth-order valence-corrected chi connectivity index (χ4v) is 4.75. The van der Waals surface area contributed by atoms with Crippen molar-refractivity contribution in [3.63, 3.8) is 0 Å². The third kappa shape index (κ3) is 3.44. The van der Waals surface area contributed by atoms with Crippen molar-refractivity contribution in [3.8, 4) is 22.8 Å². The van der Waals surface area contributed by atoms with Crippen molar-refractivity contribution in [1.82, 2.24) is 5.16 Å². The van der Waals surface area contributed by atoms with Crippen LogP contribution < -0.4 is 20.1 Å². The van der Waals surface area contributed by atoms with Crippen LogP contribution in [0.3, 0.4) is 0 Å². The molecule has 0 saturated heterocycles. The van der Waals surface area contributed by atoms with Gasteiger partial charge in [0, 0.05) is 28.9 Å². The number of methoxy groups -OCH3 is 2. The number of hydrogen-bond donors (Lipinski definition) is 2. The van der Waals surface area contributed by atoms with Gasteiger partial charge in [0.2, 0.25) is 0 Å². The lowest BCUT2D eigenvalue weighted by Crippen LogP contribution is -2.13. The minimum absolute atomic E-state index is 0.0568. The van der Waals surface area contributed by atoms with Gasteiger partial charge in [-0.1, -0.05) is 53.7 Å². The molecule has 0 fully saturated rings. The highest BCUT2D eigenvalue weighted by molar-refractivity contribution is 6.27. The number of nitrogens with zero attached hydrogens (tertiary/aromatic N) is 1. The molecule has 4 aromatic carbocycles. The van der Waals surface area contributed by atoms with Gasteiger partial charge in [0.25, 0.3) is 0 Å². The second-order valence-corrected chi connectivity index (χ2v) is 8.45. The predicted octanol–water partition coefficient (Wildman–Crippen LogP) is 6.41. The first kappa shape index (κ1) is 21.7. The second-order valence-electron chi connectivity index (χ2n) is 8.45. The molecule has 0 saturated carbocycles. The summed E-state index contributed by atoms with van der Waals surface area (Å²) in [5.41, 5.74) is 5.80. The molecule has 1 aliphatic carbocycles. The largest absolute Gasteiger partial charge is 0.493 e. The van der Waals surface area contributed by atoms with E-state index in [2.05, 4.69) is 15.8 Å². The highest BCUT2D eigenvalue weighted by Gasteiger charge is 2.32. The molecule has 0 bridgehead atoms. The standard InChI is InChI=1S/C29H23N3O4/c1-34-23-14-8-13-21(29(23)35-2)30-16-17-15-22(31-18-9-4-3-5-10-18)24-25-26(17)32-36-28(25)20-12-7-6-11-19(20)27(24)33/h3-15,30-31H,16H2,1-2H3. The summed E-state index contributed by atoms with van der Waals surface area (Å²) < 4.78 is 16.8. The van der Waals surface area contributed by atoms with Gasteiger partial charge >= 0.3 is 0 Å². The summed E-state index contributed by atoms with van der Waals surface area (Å²) >= 11 is 0. The molecule has 2 N–H and O–H groups in total. The van der Waals surface area contributed by atoms with Gasteiger partial charge < -0.3 is 24.6 Å². The Kier molecular flexibility index (Phi) is 5.30. The summed E-state index contributed by atoms with van der Waals surface area (Å²) in [5.74, 6) is 1.79. The number of rotatable bonds is 7. The third-order valence-corrected chi connectivity index (χ3v) is 6.40. The number of benzene rings is 4. The summed E-state index contributed by atoms with van der Waals surface area (Å²) in [6.45, 7) is 0.422. The fraction of sp³-hybridized carbons (Fsp3) is 0.103. The van der Waals surface area contributed by atoms with Gasteiger partial charge in [0.15, 0.2) is 23.0 Å². The average Bonchev–Trinajstić information content (AvgIpc) is 3.37. The molecule has 6 rings (SSSR count). The van der Waals surface area contributed by atoms with Crippen molar-refractivity contribution in [2.75, 3.05) is 24.9 Å². The molecule has 0 atom stereocenters. The van der Waals surface area contributed by atoms with Crippen molar-refractivity contribution in [3.05, 3.63) is 95.6 Å². The fourth-order valence-electron chi connectivity index (χ4n) is 4.75. The van der Waals surface area contributed by atoms with E-state index in [4.69, 9.17) is 14.0 Å². The lowest BCUT2D eigenvalue weighted by molar-refractivity contribution is 0.104. The van der Waals surface area contributed by atoms with E-state index in [1.54, 1.807) is 14.2 Å². The van der Waals surface area contributed by atoms with Crippen molar-refractivity contribution < 1.29 is 18.8 Å². The van der Waals surface area contributed by atoms with E-state index in [1.165, 1.54) is 0 Å². The maximum absolute atomic E-state index is 13.7. The van der Waals surface area contributed by atoms with Crippen molar-refractivity contribution in [2.24, 2.45) is 0 Å². The van der Waals surface area contributed by atoms with Crippen LogP contribution in [0.4, 0.5) is 17.1 Å². The number of carbonyl (C=O) groups is 1. The highest BCUT2D eigenvalue weighted by Crippen LogP contribution is 2.44. The smallest absolute Gasteiger partial charge is 0.196 e. The van der Waals surface area contributed by atoms with Gasteiger partial charge in [0.1, 0.15) is 5.52 Å². The number of fused-ring (bicyclic) bond motifs is 2. The van der Waals surface area contributed by atoms with E-state index < -0.39 is 0 Å². The lowest BCUT2D eigenvalue weighted by atomic mass is 9.85. The van der Waals surface area contributed by atoms with Crippen LogP contribution in [-0.2, 0) is 6.54 Å². The third-order valence-electron chi connectivity index (χ3n) is 6.40. The Balaban J connectivity index is 1.50. The first-order chi connectivity index (χ1) is 17.7. The number of anilines is 3. The Morgan fingerprint density at radius 1 is 0.861 bits per heavy atom. The summed E-state index contributed by atoms with van der Waals surface area (Å²) in [6, 6.07) is 24.9. The van der Waals surface area contributed by atoms with Crippen molar-refractivity contribution in [1.29, 1.82) is 0 Å². The molecule has 0 spiro atoms. The number of hydrogen-bond acceptors (Lipinski definition) is 7. The zero-order chi connectivity index (χ0) is 24.6. The number of carbonyl (C=O) groups excluding carboxylic acids is 1. The number of ketones is 1. The Labute approximate surface area is 207 Å². The molecule has 178 valence electrons. The lowest BCUT2D eigenvalue weighted by Gasteiger charge is -2.20. The van der Waals surface area contributed by atoms with Crippen LogP contribution >= 0.6 is 0 Å². The zero-order valence-electron chi connectivity index (χ0n) is 19.8. The summed E-state index contributed by atoms with van der Waals surface area (Å²) in [7, 11) is 3.21. The van der Waals surface area contributed by atoms with E-state index in [-0.39, 0.29) is 5.78 Å². The Morgan fingerprint density at radius 2 is 1.64 bits per heavy atom. The maximum atomic E-state index is 13.7. The van der Waals surface area contributed by atoms with Crippen LogP contribution in [0.2, 0.25) is 0 Å². The molecule has 0 unspecified atom stereocenters. The summed E-state index contributed by atoms with van der Waals surface area (Å²) in [5, 5.41) is 12.0. The molecule has 5 aromatic rings. The molecule has 36 heavy (non-hydrogen) atoms. The van der Waals surface area contributed by atoms with Gasteiger partial charge in [-0.25, -0.2) is 0 Å². The quantitative estimate of drug-likeness (QED) is 0.275. The molecule has 1 heterocycles. The van der Waals surface area contributed by atoms with Gasteiger partial charge in [-0.3, -0.25) is 4.79 Å². The Bertz CT molecular complexity index is 1610. The molecule has 0 radical (unpaired) electrons. The van der Waals surface area contributed by atoms with E-state index in [1.807, 2.05) is 78.9 Å². The van der Waals surface area contributed by atoms with Crippen LogP contribution in [-0.4, -0.2) is 25.2 Å². The molecule has 7 heteroatoms. The van der Waals surface area contributed by atoms with Gasteiger partial charge in [-0.2, -0.15) is 0 Å². The van der Waals surface area contributed by atoms with E-state index in [0.717, 1.165) is 22.5 Å². The first-order valence-corrected chi connectivity index (χ1v) is 11.6. The summed E-state index contributed by atoms with van der Waals surface area (Å²) in [4.78, 5) is 13.7. The zero-order valence-corrected chi connectivity index (χ0v) is 19.8. The number of aromatic nitrogens is 1. The van der Waals surface area contributed by atoms with Crippen LogP contribution in [0, 0.1) is 0 Å². The molecular formula is C29H23N3O4. The van der Waals surface area contributed by atoms with Crippen molar-refractivity contribution >= 4 is 33.7 Å². The summed E-state index contributed by atoms with van der Waals surface area (Å²) in [6.07, 6.45) is 0. The second kappa shape index (κ2) is 8.78. The van der Waals surface area contributed by atoms with Crippen LogP contribution in [0.25, 0.3) is 22.2 Å². The molecule has 1 aromatic heterocycles. The normalized spacial score (nSPS) is 11.8. The van der Waals surface area contributed by atoms with Crippen LogP contribution in [0.1, 0.15) is 21.5 Å². The van der Waals surface area contributed by atoms with E-state index >= 15 is 0 Å². The molecule has 0 aliphatic heterocycles. The highest BCUT2D eigenvalue weighted by atomic mass is 16.5. The van der Waals surface area contributed by atoms with Crippen LogP contribution in [0.15, 0.2) is 83.4 Å². The van der Waals surface area contributed by atoms with Crippen LogP contribution in [0.5, 0.6) is 11.5 Å². The van der Waals surface area contributed by atoms with E-state index in [0.29, 0.717) is 51.5 Å². The average molecular weight is 478 g/mol. The van der Waals surface area contributed by atoms with Gasteiger partial charge in [-0.15, -0.1) is 0 Å². The van der Waals surface area contributed by atoms with Crippen molar-refractivity contribution in [2.45, 2.75) is 6.54 Å².